The van der Waals surface area contributed by atoms with Gasteiger partial charge in [0.15, 0.2) is 5.16 Å². The number of aromatic nitrogens is 3. The summed E-state index contributed by atoms with van der Waals surface area (Å²) in [7, 11) is 1.55. The molecular formula is C19H16Cl3N5O2S. The zero-order chi connectivity index (χ0) is 21.7. The number of halogens is 3. The Labute approximate surface area is 192 Å². The number of nitrogens with one attached hydrogen (secondary N) is 1. The summed E-state index contributed by atoms with van der Waals surface area (Å²) < 4.78 is 1.74. The molecule has 7 nitrogen and oxygen atoms in total. The fraction of sp³-hybridized carbons (Fsp3) is 0.158. The minimum atomic E-state index is -0.351. The van der Waals surface area contributed by atoms with Gasteiger partial charge in [0.05, 0.1) is 28.0 Å². The Morgan fingerprint density at radius 3 is 2.67 bits per heavy atom. The Balaban J connectivity index is 1.54. The first kappa shape index (κ1) is 22.4. The number of nitrogens with zero attached hydrogens (tertiary/aromatic N) is 4. The number of hydrogen-bond acceptors (Lipinski definition) is 5. The molecule has 0 fully saturated rings. The predicted molar refractivity (Wildman–Crippen MR) is 120 cm³/mol. The third-order valence-electron chi connectivity index (χ3n) is 3.94. The van der Waals surface area contributed by atoms with Crippen LogP contribution in [0, 0.1) is 0 Å². The second kappa shape index (κ2) is 10.2. The maximum absolute atomic E-state index is 12.4. The highest BCUT2D eigenvalue weighted by atomic mass is 35.5. The minimum absolute atomic E-state index is 0.0931. The molecule has 1 heterocycles. The van der Waals surface area contributed by atoms with Crippen LogP contribution in [0.25, 0.3) is 5.69 Å². The van der Waals surface area contributed by atoms with Crippen LogP contribution in [0.2, 0.25) is 15.1 Å². The zero-order valence-electron chi connectivity index (χ0n) is 15.7. The summed E-state index contributed by atoms with van der Waals surface area (Å²) >= 11 is 19.0. The van der Waals surface area contributed by atoms with Crippen LogP contribution in [-0.2, 0) is 9.59 Å². The molecule has 11 heteroatoms. The summed E-state index contributed by atoms with van der Waals surface area (Å²) in [6.07, 6.45) is 1.55. The molecule has 0 unspecified atom stereocenters. The molecule has 0 aliphatic heterocycles. The Morgan fingerprint density at radius 2 is 1.93 bits per heavy atom. The summed E-state index contributed by atoms with van der Waals surface area (Å²) in [5, 5.41) is 12.5. The number of carbonyl (C=O) groups is 2. The van der Waals surface area contributed by atoms with E-state index in [0.717, 1.165) is 5.69 Å². The van der Waals surface area contributed by atoms with Gasteiger partial charge in [-0.25, -0.2) is 0 Å². The van der Waals surface area contributed by atoms with E-state index in [1.807, 2.05) is 12.1 Å². The van der Waals surface area contributed by atoms with Crippen LogP contribution >= 0.6 is 46.6 Å². The molecule has 1 aromatic heterocycles. The van der Waals surface area contributed by atoms with Crippen LogP contribution in [0.4, 0.5) is 5.69 Å². The van der Waals surface area contributed by atoms with Crippen molar-refractivity contribution in [3.05, 3.63) is 63.9 Å². The van der Waals surface area contributed by atoms with E-state index in [9.17, 15) is 9.59 Å². The first-order valence-corrected chi connectivity index (χ1v) is 10.7. The number of hydrogen-bond donors (Lipinski definition) is 1. The van der Waals surface area contributed by atoms with Crippen molar-refractivity contribution in [2.75, 3.05) is 24.7 Å². The van der Waals surface area contributed by atoms with Gasteiger partial charge in [-0.1, -0.05) is 52.6 Å². The van der Waals surface area contributed by atoms with E-state index in [1.165, 1.54) is 16.7 Å². The van der Waals surface area contributed by atoms with Gasteiger partial charge < -0.3 is 10.2 Å². The van der Waals surface area contributed by atoms with Gasteiger partial charge in [0.2, 0.25) is 11.8 Å². The van der Waals surface area contributed by atoms with E-state index in [4.69, 9.17) is 34.8 Å². The van der Waals surface area contributed by atoms with Crippen LogP contribution < -0.4 is 5.32 Å². The Morgan fingerprint density at radius 1 is 1.13 bits per heavy atom. The van der Waals surface area contributed by atoms with Crippen LogP contribution in [0.15, 0.2) is 53.9 Å². The molecule has 0 saturated heterocycles. The van der Waals surface area contributed by atoms with Crippen LogP contribution in [0.1, 0.15) is 0 Å². The Hall–Kier alpha value is -2.26. The van der Waals surface area contributed by atoms with Gasteiger partial charge in [0.1, 0.15) is 6.33 Å². The molecule has 156 valence electrons. The average molecular weight is 485 g/mol. The Kier molecular flexibility index (Phi) is 7.60. The van der Waals surface area contributed by atoms with Crippen molar-refractivity contribution in [1.29, 1.82) is 0 Å². The molecule has 0 spiro atoms. The smallest absolute Gasteiger partial charge is 0.243 e. The highest BCUT2D eigenvalue weighted by molar-refractivity contribution is 7.99. The van der Waals surface area contributed by atoms with Crippen molar-refractivity contribution < 1.29 is 9.59 Å². The fourth-order valence-corrected chi connectivity index (χ4v) is 3.79. The molecule has 0 aliphatic carbocycles. The third kappa shape index (κ3) is 5.89. The van der Waals surface area contributed by atoms with Gasteiger partial charge in [-0.2, -0.15) is 0 Å². The second-order valence-corrected chi connectivity index (χ2v) is 8.37. The summed E-state index contributed by atoms with van der Waals surface area (Å²) in [5.41, 5.74) is 1.29. The van der Waals surface area contributed by atoms with Crippen LogP contribution in [0.3, 0.4) is 0 Å². The quantitative estimate of drug-likeness (QED) is 0.502. The first-order chi connectivity index (χ1) is 14.3. The third-order valence-corrected chi connectivity index (χ3v) is 5.84. The number of likely N-dealkylation sites (N-methyl/N-ethyl adjacent to an activating group) is 1. The fourth-order valence-electron chi connectivity index (χ4n) is 2.44. The van der Waals surface area contributed by atoms with E-state index in [2.05, 4.69) is 15.5 Å². The van der Waals surface area contributed by atoms with E-state index in [-0.39, 0.29) is 24.1 Å². The molecule has 0 saturated carbocycles. The number of anilines is 1. The lowest BCUT2D eigenvalue weighted by Crippen LogP contribution is -2.36. The van der Waals surface area contributed by atoms with Crippen molar-refractivity contribution in [3.8, 4) is 5.69 Å². The molecule has 3 rings (SSSR count). The number of carbonyl (C=O) groups excluding carboxylic acids is 2. The van der Waals surface area contributed by atoms with Gasteiger partial charge in [0.25, 0.3) is 0 Å². The molecule has 2 aromatic carbocycles. The van der Waals surface area contributed by atoms with Crippen molar-refractivity contribution in [2.45, 2.75) is 5.16 Å². The van der Waals surface area contributed by atoms with Gasteiger partial charge in [-0.05, 0) is 36.4 Å². The lowest BCUT2D eigenvalue weighted by molar-refractivity contribution is -0.131. The molecule has 30 heavy (non-hydrogen) atoms. The van der Waals surface area contributed by atoms with Crippen molar-refractivity contribution in [3.63, 3.8) is 0 Å². The van der Waals surface area contributed by atoms with Gasteiger partial charge in [0, 0.05) is 17.8 Å². The number of thioether (sulfide) groups is 1. The highest BCUT2D eigenvalue weighted by Crippen LogP contribution is 2.25. The van der Waals surface area contributed by atoms with Gasteiger partial charge in [-0.3, -0.25) is 14.2 Å². The lowest BCUT2D eigenvalue weighted by Gasteiger charge is -2.16. The summed E-state index contributed by atoms with van der Waals surface area (Å²) in [6, 6.07) is 12.0. The topological polar surface area (TPSA) is 80.1 Å². The number of rotatable bonds is 7. The predicted octanol–water partition coefficient (Wildman–Crippen LogP) is 4.42. The normalized spacial score (nSPS) is 10.7. The van der Waals surface area contributed by atoms with E-state index in [1.54, 1.807) is 48.3 Å². The minimum Gasteiger partial charge on any atom is -0.336 e. The average Bonchev–Trinajstić information content (AvgIpc) is 3.17. The summed E-state index contributed by atoms with van der Waals surface area (Å²) in [6.45, 7) is -0.110. The first-order valence-electron chi connectivity index (χ1n) is 8.61. The zero-order valence-corrected chi connectivity index (χ0v) is 18.8. The second-order valence-electron chi connectivity index (χ2n) is 6.18. The number of benzene rings is 2. The highest BCUT2D eigenvalue weighted by Gasteiger charge is 2.16. The van der Waals surface area contributed by atoms with E-state index in [0.29, 0.717) is 25.9 Å². The van der Waals surface area contributed by atoms with E-state index >= 15 is 0 Å². The molecule has 0 atom stereocenters. The standard InChI is InChI=1S/C19H16Cl3N5O2S/c1-26(9-17(28)24-13-5-6-15(21)16(22)8-13)18(29)10-30-19-25-23-11-27(19)14-4-2-3-12(20)7-14/h2-8,11H,9-10H2,1H3,(H,24,28). The molecule has 0 radical (unpaired) electrons. The van der Waals surface area contributed by atoms with Gasteiger partial charge in [-0.15, -0.1) is 10.2 Å². The summed E-state index contributed by atoms with van der Waals surface area (Å²) in [5.74, 6) is -0.489. The molecule has 0 aliphatic rings. The molecule has 0 bridgehead atoms. The van der Waals surface area contributed by atoms with Crippen LogP contribution in [-0.4, -0.2) is 50.8 Å². The van der Waals surface area contributed by atoms with Crippen LogP contribution in [0.5, 0.6) is 0 Å². The molecule has 1 N–H and O–H groups in total. The van der Waals surface area contributed by atoms with Crippen molar-refractivity contribution in [1.82, 2.24) is 19.7 Å². The summed E-state index contributed by atoms with van der Waals surface area (Å²) in [4.78, 5) is 26.0. The van der Waals surface area contributed by atoms with Crippen molar-refractivity contribution >= 4 is 64.1 Å². The molecule has 2 amide bonds. The maximum atomic E-state index is 12.4. The van der Waals surface area contributed by atoms with E-state index < -0.39 is 0 Å². The van der Waals surface area contributed by atoms with Crippen molar-refractivity contribution in [2.24, 2.45) is 0 Å². The number of amides is 2. The SMILES string of the molecule is CN(CC(=O)Nc1ccc(Cl)c(Cl)c1)C(=O)CSc1nncn1-c1cccc(Cl)c1. The monoisotopic (exact) mass is 483 g/mol. The largest absolute Gasteiger partial charge is 0.336 e. The maximum Gasteiger partial charge on any atom is 0.243 e. The lowest BCUT2D eigenvalue weighted by atomic mass is 10.3. The van der Waals surface area contributed by atoms with Gasteiger partial charge >= 0.3 is 0 Å². The Bertz CT molecular complexity index is 1080. The molecule has 3 aromatic rings. The molecular weight excluding hydrogens is 469 g/mol.